The summed E-state index contributed by atoms with van der Waals surface area (Å²) in [5, 5.41) is 0.381. The Hall–Kier alpha value is -0.710. The van der Waals surface area contributed by atoms with E-state index in [0.29, 0.717) is 18.1 Å². The highest BCUT2D eigenvalue weighted by Gasteiger charge is 2.22. The van der Waals surface area contributed by atoms with Crippen LogP contribution in [0.4, 0.5) is 0 Å². The zero-order valence-electron chi connectivity index (χ0n) is 20.9. The molecule has 4 nitrogen and oxygen atoms in total. The summed E-state index contributed by atoms with van der Waals surface area (Å²) in [6.45, 7) is 4.43. The molecule has 0 aliphatic carbocycles. The molecule has 2 atom stereocenters. The van der Waals surface area contributed by atoms with E-state index in [-0.39, 0.29) is 18.0 Å². The lowest BCUT2D eigenvalue weighted by atomic mass is 10.0. The van der Waals surface area contributed by atoms with Gasteiger partial charge in [0.25, 0.3) is 0 Å². The molecule has 0 saturated heterocycles. The molecular formula is C26H50O4S. The molecule has 184 valence electrons. The monoisotopic (exact) mass is 458 g/mol. The predicted octanol–water partition coefficient (Wildman–Crippen LogP) is 7.86. The summed E-state index contributed by atoms with van der Waals surface area (Å²) in [4.78, 5) is 23.5. The van der Waals surface area contributed by atoms with Crippen LogP contribution in [0.3, 0.4) is 0 Å². The second-order valence-electron chi connectivity index (χ2n) is 8.67. The minimum absolute atomic E-state index is 0.0153. The van der Waals surface area contributed by atoms with Gasteiger partial charge in [-0.05, 0) is 38.4 Å². The van der Waals surface area contributed by atoms with Crippen LogP contribution in [0.15, 0.2) is 0 Å². The third-order valence-corrected chi connectivity index (χ3v) is 7.23. The Morgan fingerprint density at radius 2 is 1.19 bits per heavy atom. The Labute approximate surface area is 197 Å². The Bertz CT molecular complexity index is 424. The maximum Gasteiger partial charge on any atom is 0.306 e. The van der Waals surface area contributed by atoms with Gasteiger partial charge in [-0.25, -0.2) is 0 Å². The number of carbonyl (C=O) groups is 2. The van der Waals surface area contributed by atoms with Gasteiger partial charge in [0.15, 0.2) is 0 Å². The average molecular weight is 459 g/mol. The van der Waals surface area contributed by atoms with Crippen LogP contribution in [0.2, 0.25) is 0 Å². The molecule has 0 aromatic heterocycles. The highest BCUT2D eigenvalue weighted by Crippen LogP contribution is 2.24. The Morgan fingerprint density at radius 1 is 0.710 bits per heavy atom. The number of ether oxygens (including phenoxy) is 2. The number of hydrogen-bond donors (Lipinski definition) is 0. The normalized spacial score (nSPS) is 13.0. The first-order chi connectivity index (χ1) is 15.1. The zero-order chi connectivity index (χ0) is 23.2. The second-order valence-corrected chi connectivity index (χ2v) is 9.75. The van der Waals surface area contributed by atoms with Gasteiger partial charge < -0.3 is 9.47 Å². The maximum absolute atomic E-state index is 12.4. The van der Waals surface area contributed by atoms with E-state index in [2.05, 4.69) is 24.8 Å². The number of rotatable bonds is 22. The van der Waals surface area contributed by atoms with Gasteiger partial charge in [0.05, 0.1) is 7.11 Å². The highest BCUT2D eigenvalue weighted by atomic mass is 32.2. The molecule has 0 rings (SSSR count). The molecule has 31 heavy (non-hydrogen) atoms. The number of thioether (sulfide) groups is 1. The van der Waals surface area contributed by atoms with Gasteiger partial charge >= 0.3 is 11.9 Å². The summed E-state index contributed by atoms with van der Waals surface area (Å²) in [5.41, 5.74) is 0. The van der Waals surface area contributed by atoms with E-state index in [1.54, 1.807) is 0 Å². The van der Waals surface area contributed by atoms with E-state index in [4.69, 9.17) is 4.74 Å². The van der Waals surface area contributed by atoms with Gasteiger partial charge in [-0.2, -0.15) is 11.8 Å². The maximum atomic E-state index is 12.4. The van der Waals surface area contributed by atoms with Crippen molar-refractivity contribution in [1.29, 1.82) is 0 Å². The number of carbonyl (C=O) groups excluding carboxylic acids is 2. The fourth-order valence-corrected chi connectivity index (χ4v) is 4.79. The molecule has 0 aromatic rings. The fourth-order valence-electron chi connectivity index (χ4n) is 3.96. The van der Waals surface area contributed by atoms with Gasteiger partial charge in [-0.1, -0.05) is 84.5 Å². The predicted molar refractivity (Wildman–Crippen MR) is 134 cm³/mol. The molecule has 0 heterocycles. The number of hydrogen-bond acceptors (Lipinski definition) is 5. The first-order valence-electron chi connectivity index (χ1n) is 12.9. The lowest BCUT2D eigenvalue weighted by Gasteiger charge is -2.25. The Balaban J connectivity index is 3.98. The van der Waals surface area contributed by atoms with Gasteiger partial charge in [-0.3, -0.25) is 9.59 Å². The van der Waals surface area contributed by atoms with Crippen molar-refractivity contribution in [3.63, 3.8) is 0 Å². The van der Waals surface area contributed by atoms with Crippen molar-refractivity contribution < 1.29 is 19.1 Å². The molecule has 5 heteroatoms. The summed E-state index contributed by atoms with van der Waals surface area (Å²) in [7, 11) is 1.44. The highest BCUT2D eigenvalue weighted by molar-refractivity contribution is 7.99. The van der Waals surface area contributed by atoms with Crippen molar-refractivity contribution in [1.82, 2.24) is 0 Å². The fraction of sp³-hybridized carbons (Fsp3) is 0.923. The summed E-state index contributed by atoms with van der Waals surface area (Å²) >= 11 is 1.81. The van der Waals surface area contributed by atoms with Gasteiger partial charge in [0.1, 0.15) is 6.10 Å². The van der Waals surface area contributed by atoms with E-state index >= 15 is 0 Å². The van der Waals surface area contributed by atoms with Crippen molar-refractivity contribution in [2.24, 2.45) is 0 Å². The minimum Gasteiger partial charge on any atom is -0.469 e. The molecule has 0 aromatic carbocycles. The second kappa shape index (κ2) is 22.5. The van der Waals surface area contributed by atoms with Crippen molar-refractivity contribution in [3.05, 3.63) is 0 Å². The molecule has 0 saturated carbocycles. The third-order valence-electron chi connectivity index (χ3n) is 5.98. The van der Waals surface area contributed by atoms with Crippen molar-refractivity contribution in [2.45, 2.75) is 141 Å². The molecular weight excluding hydrogens is 408 g/mol. The van der Waals surface area contributed by atoms with Crippen LogP contribution in [0.1, 0.15) is 129 Å². The van der Waals surface area contributed by atoms with Crippen molar-refractivity contribution in [3.8, 4) is 0 Å². The van der Waals surface area contributed by atoms with Crippen LogP contribution in [-0.2, 0) is 19.1 Å². The van der Waals surface area contributed by atoms with Crippen LogP contribution in [0.5, 0.6) is 0 Å². The van der Waals surface area contributed by atoms with Crippen LogP contribution in [0.25, 0.3) is 0 Å². The van der Waals surface area contributed by atoms with Crippen LogP contribution >= 0.6 is 11.8 Å². The summed E-state index contributed by atoms with van der Waals surface area (Å²) in [6.07, 6.45) is 21.8. The first kappa shape index (κ1) is 30.3. The molecule has 0 bridgehead atoms. The summed E-state index contributed by atoms with van der Waals surface area (Å²) in [6, 6.07) is 0. The number of unbranched alkanes of at least 4 members (excludes halogenated alkanes) is 12. The van der Waals surface area contributed by atoms with Crippen LogP contribution < -0.4 is 0 Å². The first-order valence-corrected chi connectivity index (χ1v) is 14.2. The summed E-state index contributed by atoms with van der Waals surface area (Å²) < 4.78 is 10.6. The van der Waals surface area contributed by atoms with Gasteiger partial charge in [0.2, 0.25) is 0 Å². The quantitative estimate of drug-likeness (QED) is 0.122. The number of esters is 2. The van der Waals surface area contributed by atoms with Gasteiger partial charge in [0, 0.05) is 18.1 Å². The topological polar surface area (TPSA) is 52.6 Å². The molecule has 0 amide bonds. The lowest BCUT2D eigenvalue weighted by Crippen LogP contribution is -2.28. The molecule has 0 fully saturated rings. The molecule has 0 aliphatic heterocycles. The Morgan fingerprint density at radius 3 is 1.68 bits per heavy atom. The largest absolute Gasteiger partial charge is 0.469 e. The van der Waals surface area contributed by atoms with E-state index in [0.717, 1.165) is 57.8 Å². The standard InChI is InChI=1S/C26H50O4S/c1-5-7-8-9-10-11-12-15-19-22-26(28)30-23(24(6-2)31-4)20-17-14-13-16-18-21-25(27)29-3/h23-24H,5-22H2,1-4H3. The molecule has 0 radical (unpaired) electrons. The lowest BCUT2D eigenvalue weighted by molar-refractivity contribution is -0.149. The average Bonchev–Trinajstić information content (AvgIpc) is 2.77. The van der Waals surface area contributed by atoms with Gasteiger partial charge in [-0.15, -0.1) is 0 Å². The van der Waals surface area contributed by atoms with E-state index < -0.39 is 0 Å². The molecule has 2 unspecified atom stereocenters. The molecule has 0 spiro atoms. The Kier molecular flexibility index (Phi) is 22.0. The van der Waals surface area contributed by atoms with E-state index in [1.807, 2.05) is 11.8 Å². The number of methoxy groups -OCH3 is 1. The summed E-state index contributed by atoms with van der Waals surface area (Å²) in [5.74, 6) is -0.136. The SMILES string of the molecule is CCCCCCCCCCCC(=O)OC(CCCCCCCC(=O)OC)C(CC)SC. The van der Waals surface area contributed by atoms with E-state index in [1.165, 1.54) is 52.1 Å². The third kappa shape index (κ3) is 18.6. The van der Waals surface area contributed by atoms with Crippen LogP contribution in [0, 0.1) is 0 Å². The van der Waals surface area contributed by atoms with Crippen LogP contribution in [-0.4, -0.2) is 36.7 Å². The molecule has 0 aliphatic rings. The molecule has 0 N–H and O–H groups in total. The van der Waals surface area contributed by atoms with E-state index in [9.17, 15) is 9.59 Å². The van der Waals surface area contributed by atoms with Crippen molar-refractivity contribution >= 4 is 23.7 Å². The van der Waals surface area contributed by atoms with Crippen molar-refractivity contribution in [2.75, 3.05) is 13.4 Å². The zero-order valence-corrected chi connectivity index (χ0v) is 21.7. The minimum atomic E-state index is -0.121. The smallest absolute Gasteiger partial charge is 0.306 e.